The number of furan rings is 1. The van der Waals surface area contributed by atoms with Crippen LogP contribution in [0, 0.1) is 6.92 Å². The lowest BCUT2D eigenvalue weighted by molar-refractivity contribution is 0.523. The Bertz CT molecular complexity index is 205. The quantitative estimate of drug-likeness (QED) is 0.680. The van der Waals surface area contributed by atoms with Crippen LogP contribution in [0.2, 0.25) is 0 Å². The van der Waals surface area contributed by atoms with Gasteiger partial charge in [0.2, 0.25) is 0 Å². The average molecular weight is 139 g/mol. The lowest BCUT2D eigenvalue weighted by Crippen LogP contribution is -2.08. The minimum atomic E-state index is 0.138. The van der Waals surface area contributed by atoms with E-state index in [1.54, 1.807) is 6.26 Å². The van der Waals surface area contributed by atoms with Crippen molar-refractivity contribution in [1.29, 1.82) is 0 Å². The van der Waals surface area contributed by atoms with Crippen LogP contribution in [0.5, 0.6) is 0 Å². The van der Waals surface area contributed by atoms with Crippen LogP contribution in [-0.4, -0.2) is 0 Å². The minimum absolute atomic E-state index is 0.138. The monoisotopic (exact) mass is 139 g/mol. The standard InChI is InChI=1S/C8H13NO/c1-3-8(9)7-4-5-10-6(7)2/h4-5,8H,3,9H2,1-2H3/t8-/m1/s1. The van der Waals surface area contributed by atoms with Crippen molar-refractivity contribution in [2.24, 2.45) is 5.73 Å². The summed E-state index contributed by atoms with van der Waals surface area (Å²) in [6.07, 6.45) is 2.64. The predicted molar refractivity (Wildman–Crippen MR) is 40.7 cm³/mol. The fourth-order valence-corrected chi connectivity index (χ4v) is 0.999. The molecular formula is C8H13NO. The summed E-state index contributed by atoms with van der Waals surface area (Å²) in [5.41, 5.74) is 6.91. The minimum Gasteiger partial charge on any atom is -0.469 e. The van der Waals surface area contributed by atoms with Crippen molar-refractivity contribution in [1.82, 2.24) is 0 Å². The molecule has 1 aromatic heterocycles. The van der Waals surface area contributed by atoms with Crippen molar-refractivity contribution in [3.05, 3.63) is 23.7 Å². The summed E-state index contributed by atoms with van der Waals surface area (Å²) in [5, 5.41) is 0. The van der Waals surface area contributed by atoms with Crippen molar-refractivity contribution < 1.29 is 4.42 Å². The van der Waals surface area contributed by atoms with Crippen LogP contribution < -0.4 is 5.73 Å². The Morgan fingerprint density at radius 1 is 1.70 bits per heavy atom. The van der Waals surface area contributed by atoms with E-state index in [1.807, 2.05) is 13.0 Å². The number of nitrogens with two attached hydrogens (primary N) is 1. The molecule has 2 N–H and O–H groups in total. The summed E-state index contributed by atoms with van der Waals surface area (Å²) < 4.78 is 5.11. The number of aryl methyl sites for hydroxylation is 1. The van der Waals surface area contributed by atoms with E-state index in [9.17, 15) is 0 Å². The predicted octanol–water partition coefficient (Wildman–Crippen LogP) is 2.00. The molecule has 0 bridgehead atoms. The van der Waals surface area contributed by atoms with Gasteiger partial charge in [-0.3, -0.25) is 0 Å². The van der Waals surface area contributed by atoms with Crippen LogP contribution in [0.3, 0.4) is 0 Å². The van der Waals surface area contributed by atoms with Crippen LogP contribution in [0.1, 0.15) is 30.7 Å². The van der Waals surface area contributed by atoms with Gasteiger partial charge in [-0.25, -0.2) is 0 Å². The Hall–Kier alpha value is -0.760. The second kappa shape index (κ2) is 2.88. The third-order valence-electron chi connectivity index (χ3n) is 1.74. The zero-order chi connectivity index (χ0) is 7.56. The maximum absolute atomic E-state index is 5.78. The molecule has 0 spiro atoms. The summed E-state index contributed by atoms with van der Waals surface area (Å²) in [5.74, 6) is 0.939. The number of rotatable bonds is 2. The second-order valence-corrected chi connectivity index (χ2v) is 2.45. The van der Waals surface area contributed by atoms with E-state index in [2.05, 4.69) is 6.92 Å². The molecule has 56 valence electrons. The largest absolute Gasteiger partial charge is 0.469 e. The Morgan fingerprint density at radius 2 is 2.40 bits per heavy atom. The molecule has 10 heavy (non-hydrogen) atoms. The highest BCUT2D eigenvalue weighted by Crippen LogP contribution is 2.18. The van der Waals surface area contributed by atoms with Crippen LogP contribution in [0.4, 0.5) is 0 Å². The van der Waals surface area contributed by atoms with Gasteiger partial charge in [0.05, 0.1) is 6.26 Å². The van der Waals surface area contributed by atoms with Crippen LogP contribution in [-0.2, 0) is 0 Å². The van der Waals surface area contributed by atoms with Crippen LogP contribution in [0.15, 0.2) is 16.7 Å². The van der Waals surface area contributed by atoms with Crippen molar-refractivity contribution in [3.63, 3.8) is 0 Å². The maximum atomic E-state index is 5.78. The van der Waals surface area contributed by atoms with Gasteiger partial charge in [0.1, 0.15) is 5.76 Å². The average Bonchev–Trinajstić information content (AvgIpc) is 2.34. The van der Waals surface area contributed by atoms with Crippen molar-refractivity contribution in [2.45, 2.75) is 26.3 Å². The van der Waals surface area contributed by atoms with Gasteiger partial charge in [0.15, 0.2) is 0 Å². The van der Waals surface area contributed by atoms with Gasteiger partial charge in [0, 0.05) is 11.6 Å². The number of hydrogen-bond acceptors (Lipinski definition) is 2. The molecule has 0 aliphatic carbocycles. The normalized spacial score (nSPS) is 13.5. The Morgan fingerprint density at radius 3 is 2.80 bits per heavy atom. The summed E-state index contributed by atoms with van der Waals surface area (Å²) in [6, 6.07) is 2.07. The molecule has 0 fully saturated rings. The lowest BCUT2D eigenvalue weighted by atomic mass is 10.1. The zero-order valence-corrected chi connectivity index (χ0v) is 6.42. The van der Waals surface area contributed by atoms with Crippen LogP contribution in [0.25, 0.3) is 0 Å². The van der Waals surface area contributed by atoms with Crippen molar-refractivity contribution in [3.8, 4) is 0 Å². The molecule has 0 saturated carbocycles. The third-order valence-corrected chi connectivity index (χ3v) is 1.74. The highest BCUT2D eigenvalue weighted by atomic mass is 16.3. The van der Waals surface area contributed by atoms with E-state index < -0.39 is 0 Å². The zero-order valence-electron chi connectivity index (χ0n) is 6.42. The topological polar surface area (TPSA) is 39.2 Å². The molecule has 0 radical (unpaired) electrons. The molecule has 0 amide bonds. The molecule has 0 aliphatic rings. The molecule has 0 saturated heterocycles. The molecule has 1 heterocycles. The van der Waals surface area contributed by atoms with E-state index in [0.717, 1.165) is 17.7 Å². The van der Waals surface area contributed by atoms with Gasteiger partial charge in [-0.05, 0) is 19.4 Å². The first-order chi connectivity index (χ1) is 4.75. The summed E-state index contributed by atoms with van der Waals surface area (Å²) >= 11 is 0. The van der Waals surface area contributed by atoms with Gasteiger partial charge < -0.3 is 10.2 Å². The van der Waals surface area contributed by atoms with E-state index in [-0.39, 0.29) is 6.04 Å². The fourth-order valence-electron chi connectivity index (χ4n) is 0.999. The Balaban J connectivity index is 2.82. The van der Waals surface area contributed by atoms with Gasteiger partial charge in [0.25, 0.3) is 0 Å². The van der Waals surface area contributed by atoms with E-state index in [0.29, 0.717) is 0 Å². The third kappa shape index (κ3) is 1.21. The van der Waals surface area contributed by atoms with Gasteiger partial charge in [-0.1, -0.05) is 6.92 Å². The van der Waals surface area contributed by atoms with Gasteiger partial charge in [-0.2, -0.15) is 0 Å². The van der Waals surface area contributed by atoms with Gasteiger partial charge >= 0.3 is 0 Å². The van der Waals surface area contributed by atoms with Crippen molar-refractivity contribution >= 4 is 0 Å². The molecule has 0 aliphatic heterocycles. The lowest BCUT2D eigenvalue weighted by Gasteiger charge is -2.05. The first-order valence-corrected chi connectivity index (χ1v) is 3.55. The molecule has 2 heteroatoms. The highest BCUT2D eigenvalue weighted by Gasteiger charge is 2.07. The summed E-state index contributed by atoms with van der Waals surface area (Å²) in [7, 11) is 0. The molecule has 0 unspecified atom stereocenters. The van der Waals surface area contributed by atoms with E-state index >= 15 is 0 Å². The number of hydrogen-bond donors (Lipinski definition) is 1. The van der Waals surface area contributed by atoms with Crippen molar-refractivity contribution in [2.75, 3.05) is 0 Å². The molecule has 2 nitrogen and oxygen atoms in total. The van der Waals surface area contributed by atoms with E-state index in [1.165, 1.54) is 0 Å². The smallest absolute Gasteiger partial charge is 0.105 e. The SMILES string of the molecule is CC[C@@H](N)c1ccoc1C. The second-order valence-electron chi connectivity index (χ2n) is 2.45. The molecular weight excluding hydrogens is 126 g/mol. The fraction of sp³-hybridized carbons (Fsp3) is 0.500. The molecule has 1 rings (SSSR count). The first-order valence-electron chi connectivity index (χ1n) is 3.55. The first kappa shape index (κ1) is 7.35. The van der Waals surface area contributed by atoms with Crippen LogP contribution >= 0.6 is 0 Å². The summed E-state index contributed by atoms with van der Waals surface area (Å²) in [4.78, 5) is 0. The highest BCUT2D eigenvalue weighted by molar-refractivity contribution is 5.19. The maximum Gasteiger partial charge on any atom is 0.105 e. The van der Waals surface area contributed by atoms with Gasteiger partial charge in [-0.15, -0.1) is 0 Å². The molecule has 1 atom stereocenters. The Labute approximate surface area is 61.0 Å². The molecule has 1 aromatic rings. The molecule has 0 aromatic carbocycles. The summed E-state index contributed by atoms with van der Waals surface area (Å²) in [6.45, 7) is 4.00. The Kier molecular flexibility index (Phi) is 2.12. The van der Waals surface area contributed by atoms with E-state index in [4.69, 9.17) is 10.2 Å².